The maximum atomic E-state index is 12.2. The lowest BCUT2D eigenvalue weighted by Crippen LogP contribution is -2.16. The van der Waals surface area contributed by atoms with E-state index in [0.29, 0.717) is 5.56 Å². The van der Waals surface area contributed by atoms with Gasteiger partial charge in [-0.25, -0.2) is 14.4 Å². The molecule has 1 amide bonds. The third-order valence-corrected chi connectivity index (χ3v) is 4.22. The molecule has 0 saturated heterocycles. The Morgan fingerprint density at radius 3 is 2.21 bits per heavy atom. The number of rotatable bonds is 8. The lowest BCUT2D eigenvalue weighted by atomic mass is 10.1. The zero-order valence-corrected chi connectivity index (χ0v) is 15.2. The molecule has 0 spiro atoms. The predicted molar refractivity (Wildman–Crippen MR) is 90.8 cm³/mol. The van der Waals surface area contributed by atoms with Crippen LogP contribution in [0.15, 0.2) is 0 Å². The summed E-state index contributed by atoms with van der Waals surface area (Å²) in [6, 6.07) is 0. The van der Waals surface area contributed by atoms with Gasteiger partial charge in [0.15, 0.2) is 0 Å². The van der Waals surface area contributed by atoms with E-state index in [4.69, 9.17) is 14.2 Å². The van der Waals surface area contributed by atoms with Crippen molar-refractivity contribution in [2.75, 3.05) is 25.1 Å². The quantitative estimate of drug-likeness (QED) is 0.433. The topological polar surface area (TPSA) is 90.9 Å². The number of thiophene rings is 1. The normalized spacial score (nSPS) is 10.2. The minimum atomic E-state index is -0.675. The smallest absolute Gasteiger partial charge is 0.412 e. The minimum Gasteiger partial charge on any atom is -0.462 e. The molecule has 0 atom stereocenters. The molecule has 1 N–H and O–H groups in total. The van der Waals surface area contributed by atoms with Gasteiger partial charge >= 0.3 is 18.0 Å². The first kappa shape index (κ1) is 20.0. The molecule has 1 rings (SSSR count). The van der Waals surface area contributed by atoms with Crippen molar-refractivity contribution in [2.45, 2.75) is 40.5 Å². The Kier molecular flexibility index (Phi) is 8.25. The molecule has 1 heterocycles. The first-order valence-electron chi connectivity index (χ1n) is 7.87. The zero-order chi connectivity index (χ0) is 18.1. The van der Waals surface area contributed by atoms with Crippen LogP contribution in [-0.2, 0) is 14.2 Å². The Bertz CT molecular complexity index is 596. The van der Waals surface area contributed by atoms with Crippen LogP contribution in [-0.4, -0.2) is 37.9 Å². The van der Waals surface area contributed by atoms with Gasteiger partial charge in [-0.15, -0.1) is 11.3 Å². The fraction of sp³-hybridized carbons (Fsp3) is 0.562. The van der Waals surface area contributed by atoms with Crippen molar-refractivity contribution in [3.63, 3.8) is 0 Å². The summed E-state index contributed by atoms with van der Waals surface area (Å²) in [7, 11) is 0. The Morgan fingerprint density at radius 2 is 1.62 bits per heavy atom. The Hall–Kier alpha value is -2.09. The number of amides is 1. The highest BCUT2D eigenvalue weighted by Gasteiger charge is 2.27. The molecular formula is C16H23NO6S. The summed E-state index contributed by atoms with van der Waals surface area (Å²) in [6.07, 6.45) is 0.966. The monoisotopic (exact) mass is 357 g/mol. The summed E-state index contributed by atoms with van der Waals surface area (Å²) in [5.41, 5.74) is 0.568. The Labute approximate surface area is 145 Å². The number of carbonyl (C=O) groups is 3. The van der Waals surface area contributed by atoms with Crippen LogP contribution in [0.5, 0.6) is 0 Å². The molecule has 0 fully saturated rings. The third-order valence-electron chi connectivity index (χ3n) is 3.03. The summed E-state index contributed by atoms with van der Waals surface area (Å²) >= 11 is 0.969. The molecule has 0 radical (unpaired) electrons. The molecule has 134 valence electrons. The van der Waals surface area contributed by atoms with Gasteiger partial charge in [0.25, 0.3) is 0 Å². The van der Waals surface area contributed by atoms with Crippen LogP contribution in [0.2, 0.25) is 0 Å². The van der Waals surface area contributed by atoms with Crippen molar-refractivity contribution in [1.29, 1.82) is 0 Å². The van der Waals surface area contributed by atoms with Gasteiger partial charge in [0.1, 0.15) is 9.88 Å². The lowest BCUT2D eigenvalue weighted by molar-refractivity contribution is 0.0527. The van der Waals surface area contributed by atoms with Crippen LogP contribution >= 0.6 is 11.3 Å². The predicted octanol–water partition coefficient (Wildman–Crippen LogP) is 3.76. The van der Waals surface area contributed by atoms with Crippen molar-refractivity contribution in [3.05, 3.63) is 16.0 Å². The van der Waals surface area contributed by atoms with E-state index >= 15 is 0 Å². The van der Waals surface area contributed by atoms with Gasteiger partial charge in [0.2, 0.25) is 0 Å². The molecule has 24 heavy (non-hydrogen) atoms. The number of nitrogens with one attached hydrogen (secondary N) is 1. The fourth-order valence-electron chi connectivity index (χ4n) is 1.88. The second kappa shape index (κ2) is 9.92. The van der Waals surface area contributed by atoms with Crippen molar-refractivity contribution in [1.82, 2.24) is 0 Å². The van der Waals surface area contributed by atoms with Crippen LogP contribution in [0, 0.1) is 6.92 Å². The summed E-state index contributed by atoms with van der Waals surface area (Å²) in [4.78, 5) is 36.3. The minimum absolute atomic E-state index is 0.150. The number of unbranched alkanes of at least 4 members (excludes halogenated alkanes) is 1. The highest BCUT2D eigenvalue weighted by Crippen LogP contribution is 2.34. The van der Waals surface area contributed by atoms with Gasteiger partial charge < -0.3 is 14.2 Å². The average molecular weight is 357 g/mol. The fourth-order valence-corrected chi connectivity index (χ4v) is 2.95. The van der Waals surface area contributed by atoms with E-state index in [-0.39, 0.29) is 35.3 Å². The van der Waals surface area contributed by atoms with Crippen LogP contribution in [0.4, 0.5) is 9.80 Å². The average Bonchev–Trinajstić information content (AvgIpc) is 2.84. The first-order valence-corrected chi connectivity index (χ1v) is 8.69. The SMILES string of the molecule is CCCCOC(=O)Nc1sc(C(=O)OCC)c(C)c1C(=O)OCC. The molecule has 0 aromatic carbocycles. The van der Waals surface area contributed by atoms with Crippen LogP contribution in [0.3, 0.4) is 0 Å². The highest BCUT2D eigenvalue weighted by atomic mass is 32.1. The number of anilines is 1. The molecule has 0 aliphatic carbocycles. The molecule has 0 bridgehead atoms. The van der Waals surface area contributed by atoms with Gasteiger partial charge in [-0.2, -0.15) is 0 Å². The van der Waals surface area contributed by atoms with E-state index in [1.807, 2.05) is 6.92 Å². The molecule has 7 nitrogen and oxygen atoms in total. The number of esters is 2. The van der Waals surface area contributed by atoms with Crippen LogP contribution in [0.1, 0.15) is 59.2 Å². The summed E-state index contributed by atoms with van der Waals surface area (Å²) in [6.45, 7) is 7.65. The van der Waals surface area contributed by atoms with Gasteiger partial charge in [-0.3, -0.25) is 5.32 Å². The van der Waals surface area contributed by atoms with Crippen molar-refractivity contribution >= 4 is 34.4 Å². The van der Waals surface area contributed by atoms with Crippen molar-refractivity contribution in [3.8, 4) is 0 Å². The summed E-state index contributed by atoms with van der Waals surface area (Å²) in [5, 5.41) is 2.73. The van der Waals surface area contributed by atoms with E-state index in [0.717, 1.165) is 24.2 Å². The second-order valence-corrected chi connectivity index (χ2v) is 5.84. The lowest BCUT2D eigenvalue weighted by Gasteiger charge is -2.07. The van der Waals surface area contributed by atoms with Crippen molar-refractivity contribution in [2.24, 2.45) is 0 Å². The Morgan fingerprint density at radius 1 is 1.00 bits per heavy atom. The third kappa shape index (κ3) is 5.23. The second-order valence-electron chi connectivity index (χ2n) is 4.82. The molecule has 8 heteroatoms. The standard InChI is InChI=1S/C16H23NO6S/c1-5-8-9-23-16(20)17-13-11(14(18)21-6-2)10(4)12(24-13)15(19)22-7-3/h5-9H2,1-4H3,(H,17,20). The number of hydrogen-bond donors (Lipinski definition) is 1. The largest absolute Gasteiger partial charge is 0.462 e. The number of hydrogen-bond acceptors (Lipinski definition) is 7. The molecule has 0 aliphatic rings. The summed E-state index contributed by atoms with van der Waals surface area (Å²) < 4.78 is 15.0. The molecule has 0 aliphatic heterocycles. The highest BCUT2D eigenvalue weighted by molar-refractivity contribution is 7.18. The molecule has 0 unspecified atom stereocenters. The van der Waals surface area contributed by atoms with E-state index in [1.54, 1.807) is 20.8 Å². The number of carbonyl (C=O) groups excluding carboxylic acids is 3. The number of ether oxygens (including phenoxy) is 3. The van der Waals surface area contributed by atoms with E-state index in [9.17, 15) is 14.4 Å². The molecular weight excluding hydrogens is 334 g/mol. The van der Waals surface area contributed by atoms with Gasteiger partial charge in [-0.1, -0.05) is 13.3 Å². The summed E-state index contributed by atoms with van der Waals surface area (Å²) in [5.74, 6) is -1.15. The van der Waals surface area contributed by atoms with Crippen LogP contribution < -0.4 is 5.32 Å². The maximum Gasteiger partial charge on any atom is 0.412 e. The molecule has 1 aromatic heterocycles. The zero-order valence-electron chi connectivity index (χ0n) is 14.4. The Balaban J connectivity index is 3.07. The first-order chi connectivity index (χ1) is 11.5. The van der Waals surface area contributed by atoms with Gasteiger partial charge in [0, 0.05) is 0 Å². The maximum absolute atomic E-state index is 12.2. The van der Waals surface area contributed by atoms with E-state index in [1.165, 1.54) is 0 Å². The van der Waals surface area contributed by atoms with Gasteiger partial charge in [-0.05, 0) is 32.8 Å². The molecule has 1 aromatic rings. The van der Waals surface area contributed by atoms with Crippen LogP contribution in [0.25, 0.3) is 0 Å². The molecule has 0 saturated carbocycles. The van der Waals surface area contributed by atoms with Gasteiger partial charge in [0.05, 0.1) is 25.4 Å². The van der Waals surface area contributed by atoms with Crippen molar-refractivity contribution < 1.29 is 28.6 Å². The van der Waals surface area contributed by atoms with E-state index in [2.05, 4.69) is 5.32 Å². The van der Waals surface area contributed by atoms with E-state index < -0.39 is 18.0 Å².